The van der Waals surface area contributed by atoms with Crippen LogP contribution in [0.5, 0.6) is 11.5 Å². The number of quaternary nitrogens is 1. The van der Waals surface area contributed by atoms with Crippen LogP contribution in [0.4, 0.5) is 10.8 Å². The lowest BCUT2D eigenvalue weighted by Crippen LogP contribution is -2.56. The van der Waals surface area contributed by atoms with Gasteiger partial charge in [0.25, 0.3) is 0 Å². The fraction of sp³-hybridized carbons (Fsp3) is 0.409. The predicted octanol–water partition coefficient (Wildman–Crippen LogP) is 3.86. The first kappa shape index (κ1) is 19.9. The normalized spacial score (nSPS) is 16.7. The van der Waals surface area contributed by atoms with E-state index in [0.717, 1.165) is 60.7 Å². The van der Waals surface area contributed by atoms with Crippen LogP contribution < -0.4 is 14.0 Å². The summed E-state index contributed by atoms with van der Waals surface area (Å²) in [4.78, 5) is 2.40. The molecule has 0 unspecified atom stereocenters. The number of aromatic nitrogens is 2. The maximum atomic E-state index is 5.39. The zero-order valence-electron chi connectivity index (χ0n) is 17.4. The van der Waals surface area contributed by atoms with E-state index in [4.69, 9.17) is 9.47 Å². The molecule has 0 atom stereocenters. The predicted molar refractivity (Wildman–Crippen MR) is 119 cm³/mol. The molecule has 1 fully saturated rings. The first-order chi connectivity index (χ1) is 14.1. The van der Waals surface area contributed by atoms with Gasteiger partial charge in [-0.05, 0) is 49.0 Å². The molecule has 0 aliphatic carbocycles. The summed E-state index contributed by atoms with van der Waals surface area (Å²) in [6.07, 6.45) is 1.76. The van der Waals surface area contributed by atoms with E-state index in [9.17, 15) is 0 Å². The molecule has 0 bridgehead atoms. The number of aromatic amines is 1. The van der Waals surface area contributed by atoms with E-state index in [1.165, 1.54) is 16.4 Å². The number of rotatable bonds is 7. The molecular formula is C22H29N4O2S+. The van der Waals surface area contributed by atoms with Crippen molar-refractivity contribution in [1.82, 2.24) is 19.6 Å². The quantitative estimate of drug-likeness (QED) is 0.598. The molecule has 3 heterocycles. The zero-order valence-corrected chi connectivity index (χ0v) is 18.2. The summed E-state index contributed by atoms with van der Waals surface area (Å²) in [7, 11) is 5.56. The van der Waals surface area contributed by atoms with Crippen molar-refractivity contribution in [3.8, 4) is 11.5 Å². The summed E-state index contributed by atoms with van der Waals surface area (Å²) in [6, 6.07) is 12.7. The van der Waals surface area contributed by atoms with Crippen LogP contribution in [0.1, 0.15) is 11.3 Å². The molecule has 7 heteroatoms. The highest BCUT2D eigenvalue weighted by Gasteiger charge is 2.39. The highest BCUT2D eigenvalue weighted by Crippen LogP contribution is 2.38. The van der Waals surface area contributed by atoms with Gasteiger partial charge in [0.05, 0.1) is 19.9 Å². The van der Waals surface area contributed by atoms with Crippen LogP contribution in [0.25, 0.3) is 0 Å². The highest BCUT2D eigenvalue weighted by atomic mass is 32.1. The van der Waals surface area contributed by atoms with Gasteiger partial charge in [0.15, 0.2) is 5.00 Å². The van der Waals surface area contributed by atoms with Crippen LogP contribution >= 0.6 is 11.3 Å². The summed E-state index contributed by atoms with van der Waals surface area (Å²) in [6.45, 7) is 4.28. The second-order valence-corrected chi connectivity index (χ2v) is 8.56. The molecule has 6 nitrogen and oxygen atoms in total. The maximum absolute atomic E-state index is 5.39. The van der Waals surface area contributed by atoms with Crippen molar-refractivity contribution in [1.29, 1.82) is 0 Å². The number of nitrogens with zero attached hydrogens (tertiary/aromatic N) is 3. The molecule has 3 aromatic rings. The molecular weight excluding hydrogens is 384 g/mol. The average Bonchev–Trinajstić information content (AvgIpc) is 3.45. The van der Waals surface area contributed by atoms with Gasteiger partial charge in [0, 0.05) is 31.3 Å². The SMILES string of the molecule is COc1cc(CCc2cc([N+]3(c4cccs4)CCN(C)CC3)[nH]n2)cc(OC)c1. The number of hydrogen-bond acceptors (Lipinski definition) is 5. The summed E-state index contributed by atoms with van der Waals surface area (Å²) in [5.74, 6) is 2.84. The number of methoxy groups -OCH3 is 2. The van der Waals surface area contributed by atoms with Crippen molar-refractivity contribution >= 4 is 22.2 Å². The summed E-state index contributed by atoms with van der Waals surface area (Å²) < 4.78 is 11.6. The first-order valence-corrected chi connectivity index (χ1v) is 10.9. The molecule has 1 N–H and O–H groups in total. The van der Waals surface area contributed by atoms with E-state index in [1.807, 2.05) is 17.4 Å². The molecule has 0 saturated carbocycles. The van der Waals surface area contributed by atoms with Gasteiger partial charge in [-0.15, -0.1) is 0 Å². The topological polar surface area (TPSA) is 50.4 Å². The molecule has 1 aromatic carbocycles. The molecule has 1 aliphatic rings. The molecule has 0 spiro atoms. The van der Waals surface area contributed by atoms with Crippen molar-refractivity contribution in [3.05, 3.63) is 53.0 Å². The number of benzene rings is 1. The number of hydrogen-bond donors (Lipinski definition) is 1. The lowest BCUT2D eigenvalue weighted by atomic mass is 10.1. The van der Waals surface area contributed by atoms with Gasteiger partial charge < -0.3 is 9.47 Å². The van der Waals surface area contributed by atoms with Crippen LogP contribution in [0.15, 0.2) is 41.8 Å². The second kappa shape index (κ2) is 8.57. The van der Waals surface area contributed by atoms with Gasteiger partial charge in [-0.1, -0.05) is 11.3 Å². The highest BCUT2D eigenvalue weighted by molar-refractivity contribution is 7.14. The number of nitrogens with one attached hydrogen (secondary N) is 1. The second-order valence-electron chi connectivity index (χ2n) is 7.64. The Hall–Kier alpha value is -2.35. The fourth-order valence-electron chi connectivity index (χ4n) is 3.98. The van der Waals surface area contributed by atoms with E-state index < -0.39 is 0 Å². The summed E-state index contributed by atoms with van der Waals surface area (Å²) >= 11 is 1.83. The average molecular weight is 414 g/mol. The summed E-state index contributed by atoms with van der Waals surface area (Å²) in [5, 5.41) is 11.6. The van der Waals surface area contributed by atoms with Crippen molar-refractivity contribution < 1.29 is 9.47 Å². The van der Waals surface area contributed by atoms with Crippen LogP contribution in [0.3, 0.4) is 0 Å². The van der Waals surface area contributed by atoms with E-state index >= 15 is 0 Å². The molecule has 29 heavy (non-hydrogen) atoms. The molecule has 2 aromatic heterocycles. The number of ether oxygens (including phenoxy) is 2. The van der Waals surface area contributed by atoms with Crippen molar-refractivity contribution in [2.24, 2.45) is 0 Å². The van der Waals surface area contributed by atoms with Gasteiger partial charge in [-0.25, -0.2) is 9.58 Å². The van der Waals surface area contributed by atoms with Crippen LogP contribution in [-0.4, -0.2) is 62.5 Å². The van der Waals surface area contributed by atoms with Gasteiger partial charge in [-0.3, -0.25) is 4.90 Å². The smallest absolute Gasteiger partial charge is 0.229 e. The molecule has 1 saturated heterocycles. The molecule has 0 radical (unpaired) electrons. The third-order valence-corrected chi connectivity index (χ3v) is 6.83. The Labute approximate surface area is 176 Å². The minimum absolute atomic E-state index is 0.821. The Morgan fingerprint density at radius 2 is 1.79 bits per heavy atom. The Kier molecular flexibility index (Phi) is 5.89. The van der Waals surface area contributed by atoms with Gasteiger partial charge >= 0.3 is 0 Å². The zero-order chi connectivity index (χ0) is 20.3. The van der Waals surface area contributed by atoms with Crippen LogP contribution in [-0.2, 0) is 12.8 Å². The largest absolute Gasteiger partial charge is 0.497 e. The minimum Gasteiger partial charge on any atom is -0.497 e. The maximum Gasteiger partial charge on any atom is 0.229 e. The third-order valence-electron chi connectivity index (χ3n) is 5.81. The molecule has 4 rings (SSSR count). The van der Waals surface area contributed by atoms with Crippen LogP contribution in [0.2, 0.25) is 0 Å². The lowest BCUT2D eigenvalue weighted by Gasteiger charge is -2.40. The lowest BCUT2D eigenvalue weighted by molar-refractivity contribution is 0.204. The van der Waals surface area contributed by atoms with Gasteiger partial charge in [0.1, 0.15) is 24.6 Å². The van der Waals surface area contributed by atoms with E-state index in [1.54, 1.807) is 14.2 Å². The Bertz CT molecular complexity index is 908. The van der Waals surface area contributed by atoms with Crippen molar-refractivity contribution in [2.75, 3.05) is 47.4 Å². The molecule has 1 aliphatic heterocycles. The summed E-state index contributed by atoms with van der Waals surface area (Å²) in [5.41, 5.74) is 2.28. The third kappa shape index (κ3) is 4.17. The fourth-order valence-corrected chi connectivity index (χ4v) is 4.92. The van der Waals surface area contributed by atoms with E-state index in [0.29, 0.717) is 0 Å². The molecule has 0 amide bonds. The molecule has 154 valence electrons. The number of aryl methyl sites for hydroxylation is 2. The Balaban J connectivity index is 1.53. The number of piperazine rings is 1. The van der Waals surface area contributed by atoms with Crippen molar-refractivity contribution in [2.45, 2.75) is 12.8 Å². The number of thiophene rings is 1. The first-order valence-electron chi connectivity index (χ1n) is 9.99. The van der Waals surface area contributed by atoms with Gasteiger partial charge in [-0.2, -0.15) is 5.10 Å². The number of H-pyrrole nitrogens is 1. The Morgan fingerprint density at radius 1 is 1.07 bits per heavy atom. The van der Waals surface area contributed by atoms with Crippen molar-refractivity contribution in [3.63, 3.8) is 0 Å². The Morgan fingerprint density at radius 3 is 2.41 bits per heavy atom. The van der Waals surface area contributed by atoms with E-state index in [-0.39, 0.29) is 0 Å². The standard InChI is InChI=1S/C22H29N4O2S/c1-25-8-10-26(11-9-25,22-5-4-12-29-22)21-15-18(23-24-21)7-6-17-13-19(27-2)16-20(14-17)28-3/h4-5,12-16H,6-11H2,1-3H3,(H,23,24)/q+1. The minimum atomic E-state index is 0.821. The monoisotopic (exact) mass is 413 g/mol. The van der Waals surface area contributed by atoms with Crippen LogP contribution in [0, 0.1) is 0 Å². The van der Waals surface area contributed by atoms with Gasteiger partial charge in [0.2, 0.25) is 5.82 Å². The van der Waals surface area contributed by atoms with E-state index in [2.05, 4.69) is 57.9 Å². The number of likely N-dealkylation sites (N-methyl/N-ethyl adjacent to an activating group) is 1.